The molecule has 1 rings (SSSR count). The fraction of sp³-hybridized carbons (Fsp3) is 1.00. The maximum atomic E-state index is 9.44. The average Bonchev–Trinajstić information content (AvgIpc) is 2.26. The number of hydrogen-bond acceptors (Lipinski definition) is 3. The van der Waals surface area contributed by atoms with Gasteiger partial charge in [-0.25, -0.2) is 0 Å². The van der Waals surface area contributed by atoms with Gasteiger partial charge in [0.25, 0.3) is 0 Å². The first-order valence-corrected chi connectivity index (χ1v) is 6.75. The highest BCUT2D eigenvalue weighted by molar-refractivity contribution is 7.99. The molecule has 1 aliphatic heterocycles. The van der Waals surface area contributed by atoms with E-state index in [4.69, 9.17) is 4.74 Å². The minimum absolute atomic E-state index is 0.187. The van der Waals surface area contributed by atoms with Crippen molar-refractivity contribution in [2.24, 2.45) is 5.41 Å². The van der Waals surface area contributed by atoms with Gasteiger partial charge >= 0.3 is 0 Å². The van der Waals surface area contributed by atoms with E-state index in [0.29, 0.717) is 6.61 Å². The molecule has 1 saturated heterocycles. The molecule has 0 amide bonds. The van der Waals surface area contributed by atoms with E-state index in [0.717, 1.165) is 26.1 Å². The summed E-state index contributed by atoms with van der Waals surface area (Å²) in [6.07, 6.45) is 4.49. The lowest BCUT2D eigenvalue weighted by Gasteiger charge is -2.35. The van der Waals surface area contributed by atoms with E-state index in [2.05, 4.69) is 6.92 Å². The van der Waals surface area contributed by atoms with Gasteiger partial charge in [-0.2, -0.15) is 11.8 Å². The highest BCUT2D eigenvalue weighted by Crippen LogP contribution is 2.35. The van der Waals surface area contributed by atoms with Gasteiger partial charge in [-0.3, -0.25) is 0 Å². The molecule has 0 radical (unpaired) electrons. The summed E-state index contributed by atoms with van der Waals surface area (Å²) < 4.78 is 5.34. The summed E-state index contributed by atoms with van der Waals surface area (Å²) >= 11 is 1.99. The molecule has 0 saturated carbocycles. The Morgan fingerprint density at radius 1 is 1.36 bits per heavy atom. The summed E-state index contributed by atoms with van der Waals surface area (Å²) in [5.74, 6) is 2.44. The zero-order valence-electron chi connectivity index (χ0n) is 9.13. The number of rotatable bonds is 6. The van der Waals surface area contributed by atoms with Crippen molar-refractivity contribution in [2.45, 2.75) is 32.6 Å². The molecule has 0 atom stereocenters. The Labute approximate surface area is 91.4 Å². The second-order valence-electron chi connectivity index (χ2n) is 4.07. The predicted molar refractivity (Wildman–Crippen MR) is 61.8 cm³/mol. The summed E-state index contributed by atoms with van der Waals surface area (Å²) in [7, 11) is 0. The number of thioether (sulfide) groups is 1. The van der Waals surface area contributed by atoms with Crippen molar-refractivity contribution in [3.05, 3.63) is 0 Å². The van der Waals surface area contributed by atoms with Gasteiger partial charge in [0.05, 0.1) is 0 Å². The smallest absolute Gasteiger partial charge is 0.0489 e. The Balaban J connectivity index is 2.22. The molecule has 0 aromatic heterocycles. The van der Waals surface area contributed by atoms with E-state index in [1.54, 1.807) is 0 Å². The van der Waals surface area contributed by atoms with E-state index < -0.39 is 0 Å². The standard InChI is InChI=1S/C11H22O2S/c1-2-14-9-3-4-11(10-12)5-7-13-8-6-11/h12H,2-10H2,1H3. The van der Waals surface area contributed by atoms with Crippen molar-refractivity contribution in [2.75, 3.05) is 31.3 Å². The van der Waals surface area contributed by atoms with E-state index >= 15 is 0 Å². The summed E-state index contributed by atoms with van der Waals surface area (Å²) in [5, 5.41) is 9.44. The van der Waals surface area contributed by atoms with Crippen LogP contribution in [0.3, 0.4) is 0 Å². The lowest BCUT2D eigenvalue weighted by Crippen LogP contribution is -2.33. The molecule has 1 heterocycles. The van der Waals surface area contributed by atoms with Crippen molar-refractivity contribution in [1.82, 2.24) is 0 Å². The van der Waals surface area contributed by atoms with Gasteiger partial charge in [0, 0.05) is 19.8 Å². The zero-order chi connectivity index (χ0) is 10.3. The second kappa shape index (κ2) is 6.70. The zero-order valence-corrected chi connectivity index (χ0v) is 9.94. The molecule has 3 heteroatoms. The van der Waals surface area contributed by atoms with E-state index in [1.807, 2.05) is 11.8 Å². The van der Waals surface area contributed by atoms with E-state index in [9.17, 15) is 5.11 Å². The fourth-order valence-corrected chi connectivity index (χ4v) is 2.62. The molecule has 0 spiro atoms. The third-order valence-corrected chi connectivity index (χ3v) is 4.07. The molecule has 0 aliphatic carbocycles. The van der Waals surface area contributed by atoms with Crippen LogP contribution in [0, 0.1) is 5.41 Å². The van der Waals surface area contributed by atoms with Crippen molar-refractivity contribution in [3.8, 4) is 0 Å². The monoisotopic (exact) mass is 218 g/mol. The highest BCUT2D eigenvalue weighted by atomic mass is 32.2. The molecule has 0 aromatic carbocycles. The molecule has 0 bridgehead atoms. The fourth-order valence-electron chi connectivity index (χ4n) is 1.99. The molecule has 1 fully saturated rings. The molecular weight excluding hydrogens is 196 g/mol. The minimum atomic E-state index is 0.187. The number of aliphatic hydroxyl groups excluding tert-OH is 1. The maximum absolute atomic E-state index is 9.44. The van der Waals surface area contributed by atoms with Crippen LogP contribution >= 0.6 is 11.8 Å². The summed E-state index contributed by atoms with van der Waals surface area (Å²) in [6.45, 7) is 4.21. The van der Waals surface area contributed by atoms with Gasteiger partial charge in [-0.1, -0.05) is 6.92 Å². The Bertz CT molecular complexity index is 144. The summed E-state index contributed by atoms with van der Waals surface area (Å²) in [6, 6.07) is 0. The van der Waals surface area contributed by atoms with Gasteiger partial charge < -0.3 is 9.84 Å². The van der Waals surface area contributed by atoms with Gasteiger partial charge in [-0.15, -0.1) is 0 Å². The van der Waals surface area contributed by atoms with Crippen LogP contribution in [-0.2, 0) is 4.74 Å². The Morgan fingerprint density at radius 3 is 2.64 bits per heavy atom. The van der Waals surface area contributed by atoms with E-state index in [1.165, 1.54) is 24.3 Å². The SMILES string of the molecule is CCSCCCC1(CO)CCOCC1. The minimum Gasteiger partial charge on any atom is -0.396 e. The van der Waals surface area contributed by atoms with Crippen LogP contribution in [0.2, 0.25) is 0 Å². The quantitative estimate of drug-likeness (QED) is 0.694. The third-order valence-electron chi connectivity index (χ3n) is 3.09. The predicted octanol–water partition coefficient (Wildman–Crippen LogP) is 2.31. The van der Waals surface area contributed by atoms with Crippen LogP contribution in [0.4, 0.5) is 0 Å². The van der Waals surface area contributed by atoms with Gasteiger partial charge in [0.1, 0.15) is 0 Å². The van der Waals surface area contributed by atoms with Crippen molar-refractivity contribution < 1.29 is 9.84 Å². The molecule has 84 valence electrons. The molecular formula is C11H22O2S. The molecule has 0 aromatic rings. The Hall–Kier alpha value is 0.270. The Kier molecular flexibility index (Phi) is 5.90. The average molecular weight is 218 g/mol. The summed E-state index contributed by atoms with van der Waals surface area (Å²) in [5.41, 5.74) is 0.187. The van der Waals surface area contributed by atoms with Crippen LogP contribution in [-0.4, -0.2) is 36.4 Å². The molecule has 0 unspecified atom stereocenters. The molecule has 1 aliphatic rings. The number of aliphatic hydroxyl groups is 1. The van der Waals surface area contributed by atoms with Crippen LogP contribution in [0.5, 0.6) is 0 Å². The first-order chi connectivity index (χ1) is 6.83. The van der Waals surface area contributed by atoms with Crippen molar-refractivity contribution in [3.63, 3.8) is 0 Å². The van der Waals surface area contributed by atoms with Crippen LogP contribution in [0.1, 0.15) is 32.6 Å². The van der Waals surface area contributed by atoms with E-state index in [-0.39, 0.29) is 5.41 Å². The van der Waals surface area contributed by atoms with Crippen molar-refractivity contribution in [1.29, 1.82) is 0 Å². The maximum Gasteiger partial charge on any atom is 0.0489 e. The van der Waals surface area contributed by atoms with Crippen LogP contribution in [0.15, 0.2) is 0 Å². The van der Waals surface area contributed by atoms with Gasteiger partial charge in [0.15, 0.2) is 0 Å². The lowest BCUT2D eigenvalue weighted by molar-refractivity contribution is -0.0207. The largest absolute Gasteiger partial charge is 0.396 e. The molecule has 14 heavy (non-hydrogen) atoms. The normalized spacial score (nSPS) is 21.0. The van der Waals surface area contributed by atoms with Gasteiger partial charge in [-0.05, 0) is 42.6 Å². The van der Waals surface area contributed by atoms with Crippen LogP contribution < -0.4 is 0 Å². The molecule has 1 N–H and O–H groups in total. The van der Waals surface area contributed by atoms with Crippen LogP contribution in [0.25, 0.3) is 0 Å². The highest BCUT2D eigenvalue weighted by Gasteiger charge is 2.30. The lowest BCUT2D eigenvalue weighted by atomic mass is 9.77. The third kappa shape index (κ3) is 3.79. The summed E-state index contributed by atoms with van der Waals surface area (Å²) in [4.78, 5) is 0. The number of hydrogen-bond donors (Lipinski definition) is 1. The molecule has 2 nitrogen and oxygen atoms in total. The topological polar surface area (TPSA) is 29.5 Å². The first-order valence-electron chi connectivity index (χ1n) is 5.59. The second-order valence-corrected chi connectivity index (χ2v) is 5.46. The Morgan fingerprint density at radius 2 is 2.07 bits per heavy atom. The van der Waals surface area contributed by atoms with Crippen molar-refractivity contribution >= 4 is 11.8 Å². The van der Waals surface area contributed by atoms with Gasteiger partial charge in [0.2, 0.25) is 0 Å². The number of ether oxygens (including phenoxy) is 1. The first kappa shape index (κ1) is 12.3.